The van der Waals surface area contributed by atoms with Crippen LogP contribution >= 0.6 is 0 Å². The number of benzene rings is 1. The molecule has 3 rings (SSSR count). The van der Waals surface area contributed by atoms with Crippen molar-refractivity contribution in [1.82, 2.24) is 14.8 Å². The van der Waals surface area contributed by atoms with Gasteiger partial charge in [-0.15, -0.1) is 0 Å². The molecule has 5 nitrogen and oxygen atoms in total. The predicted molar refractivity (Wildman–Crippen MR) is 96.4 cm³/mol. The number of likely N-dealkylation sites (N-methyl/N-ethyl adjacent to an activating group) is 1. The highest BCUT2D eigenvalue weighted by Gasteiger charge is 2.22. The van der Waals surface area contributed by atoms with Crippen LogP contribution in [0.1, 0.15) is 26.2 Å². The van der Waals surface area contributed by atoms with Crippen LogP contribution in [-0.4, -0.2) is 48.2 Å². The summed E-state index contributed by atoms with van der Waals surface area (Å²) in [5.41, 5.74) is 1.14. The molecule has 1 saturated heterocycles. The summed E-state index contributed by atoms with van der Waals surface area (Å²) < 4.78 is 7.38. The fourth-order valence-electron chi connectivity index (χ4n) is 3.58. The molecule has 24 heavy (non-hydrogen) atoms. The topological polar surface area (TPSA) is 46.5 Å². The SMILES string of the molecule is CCN1CCC[C@@H]1CNC(=O)CCn1ccc2cc(OC)ccc21. The molecule has 1 fully saturated rings. The van der Waals surface area contributed by atoms with E-state index in [-0.39, 0.29) is 5.91 Å². The van der Waals surface area contributed by atoms with Crippen LogP contribution in [0.2, 0.25) is 0 Å². The van der Waals surface area contributed by atoms with Gasteiger partial charge in [0, 0.05) is 42.7 Å². The highest BCUT2D eigenvalue weighted by atomic mass is 16.5. The summed E-state index contributed by atoms with van der Waals surface area (Å²) in [5, 5.41) is 4.24. The molecule has 130 valence electrons. The number of fused-ring (bicyclic) bond motifs is 1. The van der Waals surface area contributed by atoms with Gasteiger partial charge in [-0.3, -0.25) is 9.69 Å². The third-order valence-corrected chi connectivity index (χ3v) is 5.00. The van der Waals surface area contributed by atoms with Crippen molar-refractivity contribution in [3.63, 3.8) is 0 Å². The number of hydrogen-bond acceptors (Lipinski definition) is 3. The lowest BCUT2D eigenvalue weighted by Gasteiger charge is -2.22. The van der Waals surface area contributed by atoms with E-state index in [0.717, 1.165) is 36.3 Å². The number of methoxy groups -OCH3 is 1. The summed E-state index contributed by atoms with van der Waals surface area (Å²) in [4.78, 5) is 14.6. The van der Waals surface area contributed by atoms with E-state index >= 15 is 0 Å². The summed E-state index contributed by atoms with van der Waals surface area (Å²) >= 11 is 0. The zero-order valence-corrected chi connectivity index (χ0v) is 14.6. The van der Waals surface area contributed by atoms with Gasteiger partial charge in [-0.05, 0) is 50.2 Å². The number of hydrogen-bond donors (Lipinski definition) is 1. The fraction of sp³-hybridized carbons (Fsp3) is 0.526. The lowest BCUT2D eigenvalue weighted by molar-refractivity contribution is -0.121. The maximum Gasteiger partial charge on any atom is 0.221 e. The molecule has 1 atom stereocenters. The van der Waals surface area contributed by atoms with Crippen molar-refractivity contribution >= 4 is 16.8 Å². The molecule has 0 aliphatic carbocycles. The zero-order chi connectivity index (χ0) is 16.9. The molecule has 1 amide bonds. The molecule has 0 spiro atoms. The van der Waals surface area contributed by atoms with Crippen LogP contribution in [0.3, 0.4) is 0 Å². The van der Waals surface area contributed by atoms with E-state index in [4.69, 9.17) is 4.74 Å². The van der Waals surface area contributed by atoms with Crippen LogP contribution in [-0.2, 0) is 11.3 Å². The standard InChI is InChI=1S/C19H27N3O2/c1-3-21-10-4-5-16(21)14-20-19(23)9-12-22-11-8-15-13-17(24-2)6-7-18(15)22/h6-8,11,13,16H,3-5,9-10,12,14H2,1-2H3,(H,20,23)/t16-/m1/s1. The van der Waals surface area contributed by atoms with Gasteiger partial charge in [-0.25, -0.2) is 0 Å². The van der Waals surface area contributed by atoms with Gasteiger partial charge in [-0.2, -0.15) is 0 Å². The zero-order valence-electron chi connectivity index (χ0n) is 14.6. The monoisotopic (exact) mass is 329 g/mol. The average molecular weight is 329 g/mol. The molecule has 0 unspecified atom stereocenters. The van der Waals surface area contributed by atoms with Crippen molar-refractivity contribution in [2.24, 2.45) is 0 Å². The number of carbonyl (C=O) groups excluding carboxylic acids is 1. The maximum absolute atomic E-state index is 12.2. The number of amides is 1. The summed E-state index contributed by atoms with van der Waals surface area (Å²) in [6.07, 6.45) is 4.98. The molecule has 2 heterocycles. The quantitative estimate of drug-likeness (QED) is 0.849. The van der Waals surface area contributed by atoms with E-state index < -0.39 is 0 Å². The summed E-state index contributed by atoms with van der Waals surface area (Å²) in [7, 11) is 1.67. The summed E-state index contributed by atoms with van der Waals surface area (Å²) in [5.74, 6) is 0.989. The smallest absolute Gasteiger partial charge is 0.221 e. The van der Waals surface area contributed by atoms with Crippen molar-refractivity contribution in [3.8, 4) is 5.75 Å². The van der Waals surface area contributed by atoms with Crippen molar-refractivity contribution in [3.05, 3.63) is 30.5 Å². The molecule has 0 bridgehead atoms. The van der Waals surface area contributed by atoms with E-state index in [1.165, 1.54) is 12.8 Å². The molecule has 0 radical (unpaired) electrons. The van der Waals surface area contributed by atoms with Crippen LogP contribution in [0.25, 0.3) is 10.9 Å². The van der Waals surface area contributed by atoms with Crippen LogP contribution in [0.5, 0.6) is 5.75 Å². The van der Waals surface area contributed by atoms with Gasteiger partial charge in [0.15, 0.2) is 0 Å². The number of nitrogens with one attached hydrogen (secondary N) is 1. The fourth-order valence-corrected chi connectivity index (χ4v) is 3.58. The van der Waals surface area contributed by atoms with E-state index in [1.807, 2.05) is 24.4 Å². The highest BCUT2D eigenvalue weighted by Crippen LogP contribution is 2.22. The second-order valence-electron chi connectivity index (χ2n) is 6.41. The number of aromatic nitrogens is 1. The Morgan fingerprint density at radius 1 is 1.38 bits per heavy atom. The van der Waals surface area contributed by atoms with E-state index in [1.54, 1.807) is 7.11 Å². The van der Waals surface area contributed by atoms with Crippen molar-refractivity contribution in [2.45, 2.75) is 38.8 Å². The number of nitrogens with zero attached hydrogens (tertiary/aromatic N) is 2. The molecular weight excluding hydrogens is 302 g/mol. The Labute approximate surface area is 143 Å². The number of ether oxygens (including phenoxy) is 1. The molecule has 1 aliphatic heterocycles. The molecule has 1 aliphatic rings. The summed E-state index contributed by atoms with van der Waals surface area (Å²) in [6.45, 7) is 5.89. The van der Waals surface area contributed by atoms with Crippen LogP contribution in [0, 0.1) is 0 Å². The minimum absolute atomic E-state index is 0.133. The van der Waals surface area contributed by atoms with Gasteiger partial charge in [0.2, 0.25) is 5.91 Å². The van der Waals surface area contributed by atoms with Gasteiger partial charge >= 0.3 is 0 Å². The predicted octanol–water partition coefficient (Wildman–Crippen LogP) is 2.64. The van der Waals surface area contributed by atoms with Crippen LogP contribution in [0.4, 0.5) is 0 Å². The Bertz CT molecular complexity index is 695. The third-order valence-electron chi connectivity index (χ3n) is 5.00. The van der Waals surface area contributed by atoms with Gasteiger partial charge in [0.25, 0.3) is 0 Å². The lowest BCUT2D eigenvalue weighted by Crippen LogP contribution is -2.40. The van der Waals surface area contributed by atoms with Gasteiger partial charge in [0.05, 0.1) is 7.11 Å². The molecular formula is C19H27N3O2. The Balaban J connectivity index is 1.51. The van der Waals surface area contributed by atoms with Gasteiger partial charge in [0.1, 0.15) is 5.75 Å². The minimum Gasteiger partial charge on any atom is -0.497 e. The molecule has 2 aromatic rings. The molecule has 1 aromatic carbocycles. The van der Waals surface area contributed by atoms with Gasteiger partial charge in [-0.1, -0.05) is 6.92 Å². The van der Waals surface area contributed by atoms with Crippen molar-refractivity contribution in [1.29, 1.82) is 0 Å². The van der Waals surface area contributed by atoms with Crippen LogP contribution in [0.15, 0.2) is 30.5 Å². The van der Waals surface area contributed by atoms with Crippen molar-refractivity contribution in [2.75, 3.05) is 26.7 Å². The number of carbonyl (C=O) groups is 1. The van der Waals surface area contributed by atoms with Gasteiger partial charge < -0.3 is 14.6 Å². The Kier molecular flexibility index (Phi) is 5.41. The van der Waals surface area contributed by atoms with E-state index in [0.29, 0.717) is 19.0 Å². The second-order valence-corrected chi connectivity index (χ2v) is 6.41. The Morgan fingerprint density at radius 2 is 2.25 bits per heavy atom. The van der Waals surface area contributed by atoms with Crippen molar-refractivity contribution < 1.29 is 9.53 Å². The lowest BCUT2D eigenvalue weighted by atomic mass is 10.2. The molecule has 5 heteroatoms. The Morgan fingerprint density at radius 3 is 3.04 bits per heavy atom. The van der Waals surface area contributed by atoms with E-state index in [9.17, 15) is 4.79 Å². The number of likely N-dealkylation sites (tertiary alicyclic amines) is 1. The minimum atomic E-state index is 0.133. The normalized spacial score (nSPS) is 18.2. The Hall–Kier alpha value is -2.01. The summed E-state index contributed by atoms with van der Waals surface area (Å²) in [6, 6.07) is 8.60. The molecule has 1 aromatic heterocycles. The average Bonchev–Trinajstić information content (AvgIpc) is 3.23. The highest BCUT2D eigenvalue weighted by molar-refractivity contribution is 5.82. The number of rotatable bonds is 7. The third kappa shape index (κ3) is 3.73. The first-order valence-electron chi connectivity index (χ1n) is 8.85. The first-order valence-corrected chi connectivity index (χ1v) is 8.85. The maximum atomic E-state index is 12.2. The van der Waals surface area contributed by atoms with E-state index in [2.05, 4.69) is 27.8 Å². The largest absolute Gasteiger partial charge is 0.497 e. The first-order chi connectivity index (χ1) is 11.7. The molecule has 1 N–H and O–H groups in total. The first kappa shape index (κ1) is 16.8. The molecule has 0 saturated carbocycles. The number of aryl methyl sites for hydroxylation is 1. The van der Waals surface area contributed by atoms with Crippen LogP contribution < -0.4 is 10.1 Å². The second kappa shape index (κ2) is 7.71.